The maximum absolute atomic E-state index is 12.7. The maximum Gasteiger partial charge on any atom is 0.416 e. The largest absolute Gasteiger partial charge is 0.444 e. The van der Waals surface area contributed by atoms with Crippen molar-refractivity contribution in [1.29, 1.82) is 0 Å². The molecule has 0 aromatic heterocycles. The molecule has 0 radical (unpaired) electrons. The number of hydrogen-bond donors (Lipinski definition) is 0. The zero-order chi connectivity index (χ0) is 18.4. The van der Waals surface area contributed by atoms with E-state index in [4.69, 9.17) is 4.74 Å². The second-order valence-corrected chi connectivity index (χ2v) is 7.86. The first-order valence-electron chi connectivity index (χ1n) is 8.43. The fourth-order valence-electron chi connectivity index (χ4n) is 3.54. The van der Waals surface area contributed by atoms with Crippen molar-refractivity contribution in [2.45, 2.75) is 32.5 Å². The molecule has 4 nitrogen and oxygen atoms in total. The van der Waals surface area contributed by atoms with Gasteiger partial charge in [0.1, 0.15) is 5.60 Å². The number of benzene rings is 1. The van der Waals surface area contributed by atoms with E-state index in [9.17, 15) is 18.0 Å². The number of carbonyl (C=O) groups excluding carboxylic acids is 1. The molecule has 2 heterocycles. The molecule has 2 saturated heterocycles. The molecule has 0 N–H and O–H groups in total. The fourth-order valence-corrected chi connectivity index (χ4v) is 3.54. The molecule has 138 valence electrons. The fraction of sp³-hybridized carbons (Fsp3) is 0.611. The predicted octanol–water partition coefficient (Wildman–Crippen LogP) is 4.01. The van der Waals surface area contributed by atoms with Crippen LogP contribution in [0.5, 0.6) is 0 Å². The number of alkyl halides is 3. The number of hydrogen-bond acceptors (Lipinski definition) is 3. The summed E-state index contributed by atoms with van der Waals surface area (Å²) in [7, 11) is 0. The topological polar surface area (TPSA) is 32.8 Å². The van der Waals surface area contributed by atoms with Crippen LogP contribution >= 0.6 is 0 Å². The Morgan fingerprint density at radius 1 is 1.00 bits per heavy atom. The van der Waals surface area contributed by atoms with Crippen LogP contribution in [0.2, 0.25) is 0 Å². The average Bonchev–Trinajstić information content (AvgIpc) is 3.03. The van der Waals surface area contributed by atoms with Gasteiger partial charge < -0.3 is 14.5 Å². The number of carbonyl (C=O) groups is 1. The molecule has 7 heteroatoms. The van der Waals surface area contributed by atoms with Gasteiger partial charge in [-0.3, -0.25) is 0 Å². The minimum atomic E-state index is -4.31. The van der Waals surface area contributed by atoms with Crippen molar-refractivity contribution >= 4 is 11.8 Å². The monoisotopic (exact) mass is 356 g/mol. The molecule has 2 atom stereocenters. The molecule has 2 fully saturated rings. The van der Waals surface area contributed by atoms with Crippen LogP contribution in [0.3, 0.4) is 0 Å². The van der Waals surface area contributed by atoms with Crippen molar-refractivity contribution in [3.05, 3.63) is 29.8 Å². The molecule has 2 unspecified atom stereocenters. The Kier molecular flexibility index (Phi) is 4.37. The van der Waals surface area contributed by atoms with Crippen molar-refractivity contribution in [3.63, 3.8) is 0 Å². The van der Waals surface area contributed by atoms with Crippen LogP contribution in [0.4, 0.5) is 23.7 Å². The van der Waals surface area contributed by atoms with Crippen molar-refractivity contribution < 1.29 is 22.7 Å². The minimum absolute atomic E-state index is 0.289. The van der Waals surface area contributed by atoms with Gasteiger partial charge in [-0.2, -0.15) is 13.2 Å². The first-order valence-corrected chi connectivity index (χ1v) is 8.43. The van der Waals surface area contributed by atoms with Crippen LogP contribution in [0.25, 0.3) is 0 Å². The maximum atomic E-state index is 12.7. The standard InChI is InChI=1S/C18H23F3N2O2/c1-17(2,3)25-16(24)23-10-12-8-22(9-13(12)11-23)15-6-4-14(5-7-15)18(19,20)21/h4-7,12-13H,8-11H2,1-3H3. The summed E-state index contributed by atoms with van der Waals surface area (Å²) in [5, 5.41) is 0. The number of rotatable bonds is 1. The molecule has 1 aromatic carbocycles. The summed E-state index contributed by atoms with van der Waals surface area (Å²) in [6.07, 6.45) is -4.60. The SMILES string of the molecule is CC(C)(C)OC(=O)N1CC2CN(c3ccc(C(F)(F)F)cc3)CC2C1. The van der Waals surface area contributed by atoms with E-state index in [1.165, 1.54) is 12.1 Å². The number of likely N-dealkylation sites (tertiary alicyclic amines) is 1. The minimum Gasteiger partial charge on any atom is -0.444 e. The Morgan fingerprint density at radius 2 is 1.52 bits per heavy atom. The molecule has 2 aliphatic rings. The Balaban J connectivity index is 1.59. The quantitative estimate of drug-likeness (QED) is 0.762. The molecule has 0 saturated carbocycles. The average molecular weight is 356 g/mol. The van der Waals surface area contributed by atoms with Crippen molar-refractivity contribution in [3.8, 4) is 0 Å². The number of anilines is 1. The van der Waals surface area contributed by atoms with E-state index in [0.29, 0.717) is 24.9 Å². The zero-order valence-corrected chi connectivity index (χ0v) is 14.6. The van der Waals surface area contributed by atoms with E-state index in [1.807, 2.05) is 20.8 Å². The van der Waals surface area contributed by atoms with Crippen LogP contribution in [-0.4, -0.2) is 42.8 Å². The van der Waals surface area contributed by atoms with Crippen molar-refractivity contribution in [1.82, 2.24) is 4.90 Å². The molecule has 0 bridgehead atoms. The van der Waals surface area contributed by atoms with Gasteiger partial charge in [-0.05, 0) is 45.0 Å². The van der Waals surface area contributed by atoms with Crippen molar-refractivity contribution in [2.24, 2.45) is 11.8 Å². The van der Waals surface area contributed by atoms with Gasteiger partial charge >= 0.3 is 12.3 Å². The first-order chi connectivity index (χ1) is 11.5. The smallest absolute Gasteiger partial charge is 0.416 e. The molecular formula is C18H23F3N2O2. The van der Waals surface area contributed by atoms with Crippen molar-refractivity contribution in [2.75, 3.05) is 31.1 Å². The summed E-state index contributed by atoms with van der Waals surface area (Å²) in [6, 6.07) is 5.29. The molecular weight excluding hydrogens is 333 g/mol. The zero-order valence-electron chi connectivity index (χ0n) is 14.6. The highest BCUT2D eigenvalue weighted by Gasteiger charge is 2.43. The van der Waals surface area contributed by atoms with Gasteiger partial charge in [-0.15, -0.1) is 0 Å². The Hall–Kier alpha value is -1.92. The molecule has 25 heavy (non-hydrogen) atoms. The number of ether oxygens (including phenoxy) is 1. The van der Waals surface area contributed by atoms with E-state index in [2.05, 4.69) is 4.90 Å². The lowest BCUT2D eigenvalue weighted by Gasteiger charge is -2.26. The molecule has 1 aromatic rings. The Labute approximate surface area is 145 Å². The number of fused-ring (bicyclic) bond motifs is 1. The summed E-state index contributed by atoms with van der Waals surface area (Å²) in [5.41, 5.74) is -0.348. The van der Waals surface area contributed by atoms with E-state index in [0.717, 1.165) is 30.9 Å². The highest BCUT2D eigenvalue weighted by molar-refractivity contribution is 5.68. The number of halogens is 3. The second-order valence-electron chi connectivity index (χ2n) is 7.86. The summed E-state index contributed by atoms with van der Waals surface area (Å²) in [4.78, 5) is 16.0. The van der Waals surface area contributed by atoms with Gasteiger partial charge in [0.25, 0.3) is 0 Å². The molecule has 2 aliphatic heterocycles. The molecule has 1 amide bonds. The van der Waals surface area contributed by atoms with E-state index in [1.54, 1.807) is 4.90 Å². The van der Waals surface area contributed by atoms with Gasteiger partial charge in [0, 0.05) is 43.7 Å². The van der Waals surface area contributed by atoms with Gasteiger partial charge in [0.15, 0.2) is 0 Å². The van der Waals surface area contributed by atoms with Crippen LogP contribution in [0.15, 0.2) is 24.3 Å². The van der Waals surface area contributed by atoms with E-state index >= 15 is 0 Å². The lowest BCUT2D eigenvalue weighted by molar-refractivity contribution is -0.137. The van der Waals surface area contributed by atoms with Gasteiger partial charge in [-0.25, -0.2) is 4.79 Å². The highest BCUT2D eigenvalue weighted by atomic mass is 19.4. The lowest BCUT2D eigenvalue weighted by Crippen LogP contribution is -2.37. The van der Waals surface area contributed by atoms with E-state index in [-0.39, 0.29) is 6.09 Å². The van der Waals surface area contributed by atoms with Crippen LogP contribution in [0, 0.1) is 11.8 Å². The Bertz CT molecular complexity index is 623. The highest BCUT2D eigenvalue weighted by Crippen LogP contribution is 2.36. The van der Waals surface area contributed by atoms with Gasteiger partial charge in [0.2, 0.25) is 0 Å². The van der Waals surface area contributed by atoms with E-state index < -0.39 is 17.3 Å². The molecule has 3 rings (SSSR count). The predicted molar refractivity (Wildman–Crippen MR) is 88.4 cm³/mol. The lowest BCUT2D eigenvalue weighted by atomic mass is 10.0. The summed E-state index contributed by atoms with van der Waals surface area (Å²) < 4.78 is 43.4. The summed E-state index contributed by atoms with van der Waals surface area (Å²) >= 11 is 0. The van der Waals surface area contributed by atoms with Crippen LogP contribution in [0.1, 0.15) is 26.3 Å². The number of amides is 1. The summed E-state index contributed by atoms with van der Waals surface area (Å²) in [6.45, 7) is 8.29. The normalized spacial score (nSPS) is 23.8. The third-order valence-electron chi connectivity index (χ3n) is 4.70. The molecule has 0 spiro atoms. The Morgan fingerprint density at radius 3 is 1.96 bits per heavy atom. The summed E-state index contributed by atoms with van der Waals surface area (Å²) in [5.74, 6) is 0.657. The third kappa shape index (κ3) is 4.02. The third-order valence-corrected chi connectivity index (χ3v) is 4.70. The second kappa shape index (κ2) is 6.11. The van der Waals surface area contributed by atoms with Crippen LogP contribution in [-0.2, 0) is 10.9 Å². The van der Waals surface area contributed by atoms with Crippen LogP contribution < -0.4 is 4.90 Å². The van der Waals surface area contributed by atoms with Gasteiger partial charge in [0.05, 0.1) is 5.56 Å². The molecule has 0 aliphatic carbocycles. The first kappa shape index (κ1) is 17.9. The van der Waals surface area contributed by atoms with Gasteiger partial charge in [-0.1, -0.05) is 0 Å². The number of nitrogens with zero attached hydrogens (tertiary/aromatic N) is 2.